The van der Waals surface area contributed by atoms with Crippen molar-refractivity contribution in [2.24, 2.45) is 5.92 Å². The van der Waals surface area contributed by atoms with Crippen molar-refractivity contribution in [1.82, 2.24) is 15.1 Å². The summed E-state index contributed by atoms with van der Waals surface area (Å²) in [7, 11) is 0. The average molecular weight is 484 g/mol. The van der Waals surface area contributed by atoms with Crippen LogP contribution in [0.3, 0.4) is 0 Å². The Morgan fingerprint density at radius 3 is 2.24 bits per heavy atom. The molecular formula is C26H30ClN3O4. The monoisotopic (exact) mass is 483 g/mol. The maximum Gasteiger partial charge on any atom is 0.261 e. The zero-order valence-electron chi connectivity index (χ0n) is 19.7. The number of nitrogens with one attached hydrogen (secondary N) is 1. The van der Waals surface area contributed by atoms with Gasteiger partial charge in [-0.3, -0.25) is 24.1 Å². The van der Waals surface area contributed by atoms with Gasteiger partial charge in [-0.05, 0) is 49.1 Å². The Bertz CT molecular complexity index is 1050. The summed E-state index contributed by atoms with van der Waals surface area (Å²) < 4.78 is 0. The van der Waals surface area contributed by atoms with E-state index in [1.54, 1.807) is 49.4 Å². The van der Waals surface area contributed by atoms with E-state index >= 15 is 0 Å². The summed E-state index contributed by atoms with van der Waals surface area (Å²) in [6.07, 6.45) is 0.395. The van der Waals surface area contributed by atoms with Gasteiger partial charge < -0.3 is 10.2 Å². The molecule has 4 amide bonds. The first-order valence-corrected chi connectivity index (χ1v) is 11.8. The van der Waals surface area contributed by atoms with Gasteiger partial charge in [-0.2, -0.15) is 0 Å². The molecule has 8 heteroatoms. The second-order valence-electron chi connectivity index (χ2n) is 8.88. The predicted molar refractivity (Wildman–Crippen MR) is 130 cm³/mol. The number of carbonyl (C=O) groups excluding carboxylic acids is 4. The van der Waals surface area contributed by atoms with Crippen LogP contribution in [0, 0.1) is 5.92 Å². The van der Waals surface area contributed by atoms with E-state index in [4.69, 9.17) is 11.6 Å². The standard InChI is InChI=1S/C26H30ClN3O4/c1-17(2)15-28-24(32)18(3)30(16-19-8-6-9-20(27)14-19)23(31)12-7-13-29-25(33)21-10-4-5-11-22(21)26(29)34/h4-6,8-11,14,17-18H,7,12-13,15-16H2,1-3H3,(H,28,32)/t18-/m1/s1. The summed E-state index contributed by atoms with van der Waals surface area (Å²) in [6, 6.07) is 13.2. The minimum atomic E-state index is -0.690. The summed E-state index contributed by atoms with van der Waals surface area (Å²) in [4.78, 5) is 53.7. The fourth-order valence-corrected chi connectivity index (χ4v) is 4.05. The van der Waals surface area contributed by atoms with E-state index in [1.807, 2.05) is 19.9 Å². The Labute approximate surface area is 205 Å². The van der Waals surface area contributed by atoms with Crippen molar-refractivity contribution in [1.29, 1.82) is 0 Å². The highest BCUT2D eigenvalue weighted by Gasteiger charge is 2.35. The van der Waals surface area contributed by atoms with Gasteiger partial charge in [-0.15, -0.1) is 0 Å². The normalized spacial score (nSPS) is 13.7. The van der Waals surface area contributed by atoms with Crippen LogP contribution in [-0.4, -0.2) is 52.6 Å². The number of carbonyl (C=O) groups is 4. The maximum atomic E-state index is 13.2. The Morgan fingerprint density at radius 1 is 1.00 bits per heavy atom. The first-order valence-electron chi connectivity index (χ1n) is 11.5. The first kappa shape index (κ1) is 25.4. The summed E-state index contributed by atoms with van der Waals surface area (Å²) >= 11 is 6.10. The number of imide groups is 1. The van der Waals surface area contributed by atoms with E-state index in [0.29, 0.717) is 29.1 Å². The van der Waals surface area contributed by atoms with Crippen LogP contribution in [0.2, 0.25) is 5.02 Å². The molecule has 0 fully saturated rings. The molecule has 0 aromatic heterocycles. The molecule has 1 aliphatic heterocycles. The molecule has 0 unspecified atom stereocenters. The van der Waals surface area contributed by atoms with E-state index in [0.717, 1.165) is 5.56 Å². The van der Waals surface area contributed by atoms with Crippen LogP contribution in [-0.2, 0) is 16.1 Å². The van der Waals surface area contributed by atoms with Crippen molar-refractivity contribution < 1.29 is 19.2 Å². The van der Waals surface area contributed by atoms with Gasteiger partial charge in [-0.25, -0.2) is 0 Å². The molecule has 0 spiro atoms. The maximum absolute atomic E-state index is 13.2. The number of fused-ring (bicyclic) bond motifs is 1. The fourth-order valence-electron chi connectivity index (χ4n) is 3.84. The third-order valence-electron chi connectivity index (χ3n) is 5.74. The zero-order chi connectivity index (χ0) is 24.8. The average Bonchev–Trinajstić information content (AvgIpc) is 3.05. The lowest BCUT2D eigenvalue weighted by Crippen LogP contribution is -2.48. The molecule has 3 rings (SSSR count). The molecule has 34 heavy (non-hydrogen) atoms. The van der Waals surface area contributed by atoms with E-state index < -0.39 is 6.04 Å². The number of amides is 4. The number of hydrogen-bond donors (Lipinski definition) is 1. The molecule has 0 radical (unpaired) electrons. The van der Waals surface area contributed by atoms with Gasteiger partial charge in [0.25, 0.3) is 11.8 Å². The molecule has 1 heterocycles. The molecule has 0 saturated heterocycles. The second kappa shape index (κ2) is 11.3. The van der Waals surface area contributed by atoms with Crippen LogP contribution < -0.4 is 5.32 Å². The number of rotatable bonds is 10. The third-order valence-corrected chi connectivity index (χ3v) is 5.98. The molecule has 1 aliphatic rings. The minimum absolute atomic E-state index is 0.0930. The van der Waals surface area contributed by atoms with Gasteiger partial charge in [0.2, 0.25) is 11.8 Å². The van der Waals surface area contributed by atoms with Crippen LogP contribution in [0.1, 0.15) is 59.9 Å². The van der Waals surface area contributed by atoms with E-state index in [-0.39, 0.29) is 49.1 Å². The van der Waals surface area contributed by atoms with Gasteiger partial charge in [-0.1, -0.05) is 49.7 Å². The lowest BCUT2D eigenvalue weighted by atomic mass is 10.1. The summed E-state index contributed by atoms with van der Waals surface area (Å²) in [5.74, 6) is -0.864. The molecule has 7 nitrogen and oxygen atoms in total. The highest BCUT2D eigenvalue weighted by atomic mass is 35.5. The van der Waals surface area contributed by atoms with E-state index in [1.165, 1.54) is 9.80 Å². The second-order valence-corrected chi connectivity index (χ2v) is 9.31. The smallest absolute Gasteiger partial charge is 0.261 e. The first-order chi connectivity index (χ1) is 16.2. The summed E-state index contributed by atoms with van der Waals surface area (Å²) in [5.41, 5.74) is 1.58. The molecule has 0 bridgehead atoms. The predicted octanol–water partition coefficient (Wildman–Crippen LogP) is 3.91. The highest BCUT2D eigenvalue weighted by Crippen LogP contribution is 2.23. The van der Waals surface area contributed by atoms with E-state index in [9.17, 15) is 19.2 Å². The topological polar surface area (TPSA) is 86.8 Å². The molecule has 1 N–H and O–H groups in total. The van der Waals surface area contributed by atoms with Crippen LogP contribution in [0.4, 0.5) is 0 Å². The van der Waals surface area contributed by atoms with Crippen molar-refractivity contribution >= 4 is 35.2 Å². The Hall–Kier alpha value is -3.19. The molecular weight excluding hydrogens is 454 g/mol. The molecule has 2 aromatic rings. The van der Waals surface area contributed by atoms with Gasteiger partial charge in [0.15, 0.2) is 0 Å². The minimum Gasteiger partial charge on any atom is -0.354 e. The summed E-state index contributed by atoms with van der Waals surface area (Å²) in [6.45, 7) is 6.57. The SMILES string of the molecule is CC(C)CNC(=O)[C@@H](C)N(Cc1cccc(Cl)c1)C(=O)CCCN1C(=O)c2ccccc2C1=O. The number of hydrogen-bond acceptors (Lipinski definition) is 4. The van der Waals surface area contributed by atoms with Crippen LogP contribution in [0.5, 0.6) is 0 Å². The highest BCUT2D eigenvalue weighted by molar-refractivity contribution is 6.30. The van der Waals surface area contributed by atoms with Crippen LogP contribution in [0.15, 0.2) is 48.5 Å². The molecule has 180 valence electrons. The molecule has 2 aromatic carbocycles. The van der Waals surface area contributed by atoms with Crippen LogP contribution >= 0.6 is 11.6 Å². The van der Waals surface area contributed by atoms with Crippen molar-refractivity contribution in [3.63, 3.8) is 0 Å². The van der Waals surface area contributed by atoms with Crippen molar-refractivity contribution in [2.75, 3.05) is 13.1 Å². The van der Waals surface area contributed by atoms with Gasteiger partial charge in [0.05, 0.1) is 11.1 Å². The van der Waals surface area contributed by atoms with Crippen molar-refractivity contribution in [2.45, 2.75) is 46.2 Å². The van der Waals surface area contributed by atoms with Crippen LogP contribution in [0.25, 0.3) is 0 Å². The Kier molecular flexibility index (Phi) is 8.45. The third kappa shape index (κ3) is 6.03. The number of benzene rings is 2. The lowest BCUT2D eigenvalue weighted by molar-refractivity contribution is -0.140. The van der Waals surface area contributed by atoms with Crippen molar-refractivity contribution in [3.8, 4) is 0 Å². The zero-order valence-corrected chi connectivity index (χ0v) is 20.5. The van der Waals surface area contributed by atoms with Gasteiger partial charge in [0.1, 0.15) is 6.04 Å². The fraction of sp³-hybridized carbons (Fsp3) is 0.385. The number of nitrogens with zero attached hydrogens (tertiary/aromatic N) is 2. The lowest BCUT2D eigenvalue weighted by Gasteiger charge is -2.29. The van der Waals surface area contributed by atoms with Crippen molar-refractivity contribution in [3.05, 3.63) is 70.2 Å². The Balaban J connectivity index is 1.66. The van der Waals surface area contributed by atoms with E-state index in [2.05, 4.69) is 5.32 Å². The Morgan fingerprint density at radius 2 is 1.65 bits per heavy atom. The summed E-state index contributed by atoms with van der Waals surface area (Å²) in [5, 5.41) is 3.43. The quantitative estimate of drug-likeness (QED) is 0.519. The molecule has 0 saturated carbocycles. The largest absolute Gasteiger partial charge is 0.354 e. The molecule has 1 atom stereocenters. The van der Waals surface area contributed by atoms with Gasteiger partial charge >= 0.3 is 0 Å². The van der Waals surface area contributed by atoms with Gasteiger partial charge in [0, 0.05) is 31.1 Å². The molecule has 0 aliphatic carbocycles. The number of halogens is 1.